The monoisotopic (exact) mass is 531 g/mol. The number of ether oxygens (including phenoxy) is 1. The molecule has 3 atom stereocenters. The summed E-state index contributed by atoms with van der Waals surface area (Å²) in [7, 11) is -4.20. The highest BCUT2D eigenvalue weighted by atomic mass is 35.5. The second-order valence-corrected chi connectivity index (χ2v) is 10.1. The van der Waals surface area contributed by atoms with Gasteiger partial charge in [-0.2, -0.15) is 30.7 Å². The maximum atomic E-state index is 14.2. The third-order valence-corrected chi connectivity index (χ3v) is 7.01. The Bertz CT molecular complexity index is 1080. The topological polar surface area (TPSA) is 29.5 Å². The lowest BCUT2D eigenvalue weighted by atomic mass is 9.87. The maximum Gasteiger partial charge on any atom is 0.431 e. The molecule has 188 valence electrons. The molecule has 3 rings (SSSR count). The average molecular weight is 532 g/mol. The minimum Gasteiger partial charge on any atom is -0.357 e. The molecule has 0 saturated heterocycles. The van der Waals surface area contributed by atoms with Crippen LogP contribution in [-0.2, 0) is 15.7 Å². The predicted molar refractivity (Wildman–Crippen MR) is 116 cm³/mol. The number of hydrogen-bond donors (Lipinski definition) is 0. The molecule has 0 spiro atoms. The highest BCUT2D eigenvalue weighted by molar-refractivity contribution is 7.84. The number of nitrogens with zero attached hydrogens (tertiary/aromatic N) is 1. The van der Waals surface area contributed by atoms with E-state index in [2.05, 4.69) is 11.6 Å². The average Bonchev–Trinajstić information content (AvgIpc) is 2.74. The largest absolute Gasteiger partial charge is 0.431 e. The number of alkyl halides is 8. The molecule has 0 N–H and O–H groups in total. The molecule has 1 heterocycles. The molecular weight excluding hydrogens is 511 g/mol. The summed E-state index contributed by atoms with van der Waals surface area (Å²) in [5.41, 5.74) is -1.30. The molecule has 0 amide bonds. The Morgan fingerprint density at radius 3 is 2.26 bits per heavy atom. The van der Waals surface area contributed by atoms with Crippen LogP contribution in [0.3, 0.4) is 0 Å². The normalized spacial score (nSPS) is 21.1. The van der Waals surface area contributed by atoms with E-state index in [1.807, 2.05) is 0 Å². The van der Waals surface area contributed by atoms with Crippen molar-refractivity contribution in [3.8, 4) is 0 Å². The minimum absolute atomic E-state index is 0.186. The molecule has 0 radical (unpaired) electrons. The molecule has 12 heteroatoms. The SMILES string of the molecule is CC(C)CO[C@H]1C[C@@H](c2cccc3ccccc23)C=C(C(F)(F)F)N1[S@@](=O)C(F)(F)C(F)(F)Cl. The Balaban J connectivity index is 2.18. The van der Waals surface area contributed by atoms with Gasteiger partial charge in [-0.05, 0) is 39.9 Å². The van der Waals surface area contributed by atoms with Gasteiger partial charge in [0.1, 0.15) is 11.9 Å². The van der Waals surface area contributed by atoms with E-state index in [0.717, 1.165) is 5.39 Å². The van der Waals surface area contributed by atoms with Gasteiger partial charge in [-0.3, -0.25) is 4.31 Å². The van der Waals surface area contributed by atoms with Crippen molar-refractivity contribution in [2.75, 3.05) is 6.61 Å². The predicted octanol–water partition coefficient (Wildman–Crippen LogP) is 7.16. The van der Waals surface area contributed by atoms with Crippen molar-refractivity contribution in [2.24, 2.45) is 5.92 Å². The smallest absolute Gasteiger partial charge is 0.357 e. The van der Waals surface area contributed by atoms with Crippen molar-refractivity contribution in [2.45, 2.75) is 49.2 Å². The number of rotatable bonds is 7. The maximum absolute atomic E-state index is 14.2. The van der Waals surface area contributed by atoms with Crippen molar-refractivity contribution in [3.05, 3.63) is 59.8 Å². The van der Waals surface area contributed by atoms with Crippen molar-refractivity contribution >= 4 is 33.4 Å². The van der Waals surface area contributed by atoms with Crippen LogP contribution in [0.4, 0.5) is 30.7 Å². The zero-order chi connectivity index (χ0) is 25.5. The Morgan fingerprint density at radius 1 is 1.06 bits per heavy atom. The lowest BCUT2D eigenvalue weighted by Crippen LogP contribution is -2.54. The molecule has 3 nitrogen and oxygen atoms in total. The molecule has 0 bridgehead atoms. The van der Waals surface area contributed by atoms with Gasteiger partial charge in [0.2, 0.25) is 11.0 Å². The van der Waals surface area contributed by atoms with Crippen LogP contribution in [0.25, 0.3) is 10.8 Å². The van der Waals surface area contributed by atoms with Gasteiger partial charge in [0, 0.05) is 12.3 Å². The third kappa shape index (κ3) is 5.36. The molecular formula is C22H21ClF7NO2S. The zero-order valence-corrected chi connectivity index (χ0v) is 19.5. The molecule has 0 aromatic heterocycles. The number of halogens is 8. The molecule has 0 saturated carbocycles. The van der Waals surface area contributed by atoms with Gasteiger partial charge in [-0.25, -0.2) is 4.21 Å². The second-order valence-electron chi connectivity index (χ2n) is 8.23. The van der Waals surface area contributed by atoms with E-state index < -0.39 is 45.6 Å². The number of fused-ring (bicyclic) bond motifs is 1. The van der Waals surface area contributed by atoms with E-state index in [1.165, 1.54) is 0 Å². The number of hydrogen-bond acceptors (Lipinski definition) is 2. The van der Waals surface area contributed by atoms with Crippen molar-refractivity contribution in [1.82, 2.24) is 4.31 Å². The second kappa shape index (κ2) is 9.66. The van der Waals surface area contributed by atoms with Crippen LogP contribution in [0.1, 0.15) is 31.7 Å². The van der Waals surface area contributed by atoms with Crippen molar-refractivity contribution in [1.29, 1.82) is 0 Å². The quantitative estimate of drug-likeness (QED) is 0.280. The molecule has 1 aliphatic rings. The fraction of sp³-hybridized carbons (Fsp3) is 0.455. The molecule has 2 aromatic rings. The lowest BCUT2D eigenvalue weighted by Gasteiger charge is -2.41. The van der Waals surface area contributed by atoms with Gasteiger partial charge in [0.05, 0.1) is 6.61 Å². The van der Waals surface area contributed by atoms with Crippen molar-refractivity contribution in [3.63, 3.8) is 0 Å². The first kappa shape index (κ1) is 26.7. The minimum atomic E-state index is -5.50. The number of benzene rings is 2. The van der Waals surface area contributed by atoms with E-state index >= 15 is 0 Å². The first-order valence-corrected chi connectivity index (χ1v) is 11.7. The fourth-order valence-electron chi connectivity index (χ4n) is 3.67. The summed E-state index contributed by atoms with van der Waals surface area (Å²) >= 11 is 4.42. The Morgan fingerprint density at radius 2 is 1.68 bits per heavy atom. The molecule has 1 aliphatic heterocycles. The fourth-order valence-corrected chi connectivity index (χ4v) is 5.01. The standard InChI is InChI=1S/C22H21ClF7NO2S/c1-13(2)12-33-19-11-15(17-9-5-7-14-6-3-4-8-16(14)17)10-18(20(24,25)26)31(19)34(32)22(29,30)21(23,27)28/h3-10,13,15,19H,11-12H2,1-2H3/t15-,19-,34-/m0/s1. The summed E-state index contributed by atoms with van der Waals surface area (Å²) in [6.07, 6.45) is -6.85. The van der Waals surface area contributed by atoms with E-state index in [1.54, 1.807) is 56.3 Å². The highest BCUT2D eigenvalue weighted by Gasteiger charge is 2.64. The van der Waals surface area contributed by atoms with Gasteiger partial charge in [-0.1, -0.05) is 56.3 Å². The Labute approximate surface area is 199 Å². The van der Waals surface area contributed by atoms with Gasteiger partial charge in [-0.15, -0.1) is 0 Å². The van der Waals surface area contributed by atoms with Gasteiger partial charge in [0.15, 0.2) is 0 Å². The van der Waals surface area contributed by atoms with Gasteiger partial charge < -0.3 is 4.74 Å². The van der Waals surface area contributed by atoms with Crippen LogP contribution in [-0.4, -0.2) is 38.2 Å². The summed E-state index contributed by atoms with van der Waals surface area (Å²) in [4.78, 5) is 0. The Hall–Kier alpha value is -1.85. The van der Waals surface area contributed by atoms with Crippen LogP contribution in [0.5, 0.6) is 0 Å². The third-order valence-electron chi connectivity index (χ3n) is 5.18. The van der Waals surface area contributed by atoms with Gasteiger partial charge in [0.25, 0.3) is 0 Å². The van der Waals surface area contributed by atoms with Crippen LogP contribution in [0.2, 0.25) is 0 Å². The summed E-state index contributed by atoms with van der Waals surface area (Å²) in [6, 6.07) is 11.9. The van der Waals surface area contributed by atoms with Gasteiger partial charge >= 0.3 is 16.8 Å². The summed E-state index contributed by atoms with van der Waals surface area (Å²) < 4.78 is 115. The first-order valence-electron chi connectivity index (χ1n) is 10.2. The molecule has 2 aromatic carbocycles. The lowest BCUT2D eigenvalue weighted by molar-refractivity contribution is -0.133. The highest BCUT2D eigenvalue weighted by Crippen LogP contribution is 2.48. The van der Waals surface area contributed by atoms with Crippen LogP contribution in [0.15, 0.2) is 54.2 Å². The molecule has 0 aliphatic carbocycles. The molecule has 0 fully saturated rings. The van der Waals surface area contributed by atoms with Crippen LogP contribution in [0, 0.1) is 5.92 Å². The van der Waals surface area contributed by atoms with E-state index in [0.29, 0.717) is 17.0 Å². The van der Waals surface area contributed by atoms with Crippen LogP contribution >= 0.6 is 11.6 Å². The summed E-state index contributed by atoms with van der Waals surface area (Å²) in [5.74, 6) is -1.22. The first-order chi connectivity index (χ1) is 15.6. The molecule has 34 heavy (non-hydrogen) atoms. The number of allylic oxidation sites excluding steroid dienone is 2. The summed E-state index contributed by atoms with van der Waals surface area (Å²) in [6.45, 7) is 3.14. The molecule has 0 unspecified atom stereocenters. The summed E-state index contributed by atoms with van der Waals surface area (Å²) in [5, 5.41) is -9.49. The van der Waals surface area contributed by atoms with E-state index in [4.69, 9.17) is 4.74 Å². The van der Waals surface area contributed by atoms with Crippen molar-refractivity contribution < 1.29 is 39.7 Å². The van der Waals surface area contributed by atoms with E-state index in [9.17, 15) is 34.9 Å². The zero-order valence-electron chi connectivity index (χ0n) is 18.0. The Kier molecular flexibility index (Phi) is 7.60. The van der Waals surface area contributed by atoms with Crippen LogP contribution < -0.4 is 0 Å². The van der Waals surface area contributed by atoms with E-state index in [-0.39, 0.29) is 23.3 Å².